The van der Waals surface area contributed by atoms with E-state index in [1.807, 2.05) is 6.07 Å². The quantitative estimate of drug-likeness (QED) is 0.582. The number of rotatable bonds is 4. The highest BCUT2D eigenvalue weighted by Crippen LogP contribution is 2.17. The molecule has 5 nitrogen and oxygen atoms in total. The Morgan fingerprint density at radius 2 is 2.25 bits per heavy atom. The molecule has 0 aliphatic heterocycles. The van der Waals surface area contributed by atoms with Gasteiger partial charge in [0.2, 0.25) is 0 Å². The van der Waals surface area contributed by atoms with E-state index in [4.69, 9.17) is 10.00 Å². The molecule has 0 aliphatic rings. The van der Waals surface area contributed by atoms with E-state index in [2.05, 4.69) is 9.97 Å². The lowest BCUT2D eigenvalue weighted by atomic mass is 10.5. The summed E-state index contributed by atoms with van der Waals surface area (Å²) in [6.07, 6.45) is 2.79. The Bertz CT molecular complexity index is 415. The van der Waals surface area contributed by atoms with Crippen LogP contribution in [-0.2, 0) is 9.53 Å². The van der Waals surface area contributed by atoms with Crippen molar-refractivity contribution in [3.63, 3.8) is 0 Å². The number of ether oxygens (including phenoxy) is 1. The van der Waals surface area contributed by atoms with E-state index in [1.165, 1.54) is 12.4 Å². The number of carbonyl (C=O) groups is 1. The van der Waals surface area contributed by atoms with Crippen molar-refractivity contribution in [3.05, 3.63) is 18.1 Å². The van der Waals surface area contributed by atoms with E-state index in [-0.39, 0.29) is 23.5 Å². The van der Waals surface area contributed by atoms with Gasteiger partial charge in [-0.05, 0) is 13.8 Å². The van der Waals surface area contributed by atoms with E-state index in [0.717, 1.165) is 11.8 Å². The standard InChI is InChI=1S/C10H11N3O2S/c1-7(2)15-9(14)6-16-10-8(5-11)12-3-4-13-10/h3-4,7H,6H2,1-2H3. The van der Waals surface area contributed by atoms with Crippen molar-refractivity contribution in [2.24, 2.45) is 0 Å². The van der Waals surface area contributed by atoms with Gasteiger partial charge in [0, 0.05) is 12.4 Å². The number of esters is 1. The highest BCUT2D eigenvalue weighted by molar-refractivity contribution is 7.99. The summed E-state index contributed by atoms with van der Waals surface area (Å²) in [6.45, 7) is 3.57. The van der Waals surface area contributed by atoms with Gasteiger partial charge in [-0.2, -0.15) is 5.26 Å². The van der Waals surface area contributed by atoms with Crippen LogP contribution < -0.4 is 0 Å². The smallest absolute Gasteiger partial charge is 0.316 e. The van der Waals surface area contributed by atoms with Crippen molar-refractivity contribution < 1.29 is 9.53 Å². The fourth-order valence-electron chi connectivity index (χ4n) is 0.932. The van der Waals surface area contributed by atoms with Crippen molar-refractivity contribution >= 4 is 17.7 Å². The lowest BCUT2D eigenvalue weighted by molar-refractivity contribution is -0.144. The predicted octanol–water partition coefficient (Wildman–Crippen LogP) is 1.39. The number of aromatic nitrogens is 2. The van der Waals surface area contributed by atoms with Crippen LogP contribution in [-0.4, -0.2) is 27.8 Å². The predicted molar refractivity (Wildman–Crippen MR) is 58.7 cm³/mol. The van der Waals surface area contributed by atoms with Gasteiger partial charge in [-0.15, -0.1) is 0 Å². The molecule has 0 unspecified atom stereocenters. The number of hydrogen-bond acceptors (Lipinski definition) is 6. The molecule has 1 aromatic heterocycles. The Hall–Kier alpha value is -1.61. The van der Waals surface area contributed by atoms with Gasteiger partial charge in [-0.3, -0.25) is 4.79 Å². The Morgan fingerprint density at radius 1 is 1.56 bits per heavy atom. The Balaban J connectivity index is 2.55. The maximum atomic E-state index is 11.3. The number of nitrogens with zero attached hydrogens (tertiary/aromatic N) is 3. The molecular formula is C10H11N3O2S. The second-order valence-electron chi connectivity index (χ2n) is 3.15. The van der Waals surface area contributed by atoms with Crippen LogP contribution in [0.3, 0.4) is 0 Å². The van der Waals surface area contributed by atoms with Crippen LogP contribution >= 0.6 is 11.8 Å². The monoisotopic (exact) mass is 237 g/mol. The molecule has 0 N–H and O–H groups in total. The molecule has 16 heavy (non-hydrogen) atoms. The zero-order chi connectivity index (χ0) is 12.0. The van der Waals surface area contributed by atoms with Gasteiger partial charge in [0.05, 0.1) is 11.9 Å². The molecule has 1 aromatic rings. The van der Waals surface area contributed by atoms with Crippen LogP contribution in [0.1, 0.15) is 19.5 Å². The lowest BCUT2D eigenvalue weighted by Gasteiger charge is -2.07. The van der Waals surface area contributed by atoms with E-state index in [0.29, 0.717) is 5.03 Å². The zero-order valence-electron chi connectivity index (χ0n) is 9.01. The summed E-state index contributed by atoms with van der Waals surface area (Å²) in [5, 5.41) is 9.20. The molecular weight excluding hydrogens is 226 g/mol. The van der Waals surface area contributed by atoms with Crippen molar-refractivity contribution in [1.82, 2.24) is 9.97 Å². The molecule has 1 heterocycles. The number of thioether (sulfide) groups is 1. The van der Waals surface area contributed by atoms with Crippen molar-refractivity contribution in [3.8, 4) is 6.07 Å². The molecule has 0 fully saturated rings. The number of carbonyl (C=O) groups excluding carboxylic acids is 1. The first kappa shape index (κ1) is 12.5. The van der Waals surface area contributed by atoms with Gasteiger partial charge in [0.25, 0.3) is 0 Å². The zero-order valence-corrected chi connectivity index (χ0v) is 9.82. The second kappa shape index (κ2) is 6.08. The maximum Gasteiger partial charge on any atom is 0.316 e. The van der Waals surface area contributed by atoms with Gasteiger partial charge < -0.3 is 4.74 Å². The average Bonchev–Trinajstić information content (AvgIpc) is 2.26. The molecule has 84 valence electrons. The van der Waals surface area contributed by atoms with E-state index < -0.39 is 0 Å². The summed E-state index contributed by atoms with van der Waals surface area (Å²) in [5.74, 6) is -0.194. The lowest BCUT2D eigenvalue weighted by Crippen LogP contribution is -2.13. The average molecular weight is 237 g/mol. The SMILES string of the molecule is CC(C)OC(=O)CSc1nccnc1C#N. The highest BCUT2D eigenvalue weighted by atomic mass is 32.2. The summed E-state index contributed by atoms with van der Waals surface area (Å²) in [4.78, 5) is 19.1. The van der Waals surface area contributed by atoms with Crippen LogP contribution in [0, 0.1) is 11.3 Å². The molecule has 0 amide bonds. The van der Waals surface area contributed by atoms with Crippen LogP contribution in [0.15, 0.2) is 17.4 Å². The Morgan fingerprint density at radius 3 is 2.88 bits per heavy atom. The molecule has 0 aliphatic carbocycles. The first-order valence-electron chi connectivity index (χ1n) is 4.67. The van der Waals surface area contributed by atoms with Gasteiger partial charge in [-0.25, -0.2) is 9.97 Å². The minimum absolute atomic E-state index is 0.131. The summed E-state index contributed by atoms with van der Waals surface area (Å²) in [5.41, 5.74) is 0.227. The van der Waals surface area contributed by atoms with E-state index >= 15 is 0 Å². The molecule has 0 aromatic carbocycles. The van der Waals surface area contributed by atoms with Crippen LogP contribution in [0.4, 0.5) is 0 Å². The van der Waals surface area contributed by atoms with E-state index in [1.54, 1.807) is 13.8 Å². The minimum Gasteiger partial charge on any atom is -0.462 e. The molecule has 0 spiro atoms. The van der Waals surface area contributed by atoms with Crippen LogP contribution in [0.5, 0.6) is 0 Å². The highest BCUT2D eigenvalue weighted by Gasteiger charge is 2.10. The molecule has 0 saturated heterocycles. The summed E-state index contributed by atoms with van der Waals surface area (Å²) in [7, 11) is 0. The Kier molecular flexibility index (Phi) is 4.73. The van der Waals surface area contributed by atoms with Gasteiger partial charge in [0.15, 0.2) is 5.69 Å². The van der Waals surface area contributed by atoms with Crippen LogP contribution in [0.25, 0.3) is 0 Å². The van der Waals surface area contributed by atoms with Crippen LogP contribution in [0.2, 0.25) is 0 Å². The fourth-order valence-corrected chi connectivity index (χ4v) is 1.62. The second-order valence-corrected chi connectivity index (χ2v) is 4.11. The molecule has 0 atom stereocenters. The number of nitriles is 1. The molecule has 6 heteroatoms. The largest absolute Gasteiger partial charge is 0.462 e. The first-order valence-corrected chi connectivity index (χ1v) is 5.65. The Labute approximate surface area is 97.9 Å². The normalized spacial score (nSPS) is 9.88. The molecule has 0 saturated carbocycles. The first-order chi connectivity index (χ1) is 7.63. The summed E-state index contributed by atoms with van der Waals surface area (Å²) in [6, 6.07) is 1.91. The minimum atomic E-state index is -0.324. The van der Waals surface area contributed by atoms with Gasteiger partial charge in [-0.1, -0.05) is 11.8 Å². The third-order valence-corrected chi connectivity index (χ3v) is 2.42. The molecule has 1 rings (SSSR count). The maximum absolute atomic E-state index is 11.3. The summed E-state index contributed by atoms with van der Waals surface area (Å²) >= 11 is 1.15. The topological polar surface area (TPSA) is 75.9 Å². The van der Waals surface area contributed by atoms with Crippen molar-refractivity contribution in [2.75, 3.05) is 5.75 Å². The molecule has 0 bridgehead atoms. The third kappa shape index (κ3) is 3.87. The van der Waals surface area contributed by atoms with Gasteiger partial charge in [0.1, 0.15) is 11.1 Å². The fraction of sp³-hybridized carbons (Fsp3) is 0.400. The van der Waals surface area contributed by atoms with Crippen molar-refractivity contribution in [1.29, 1.82) is 5.26 Å². The number of hydrogen-bond donors (Lipinski definition) is 0. The van der Waals surface area contributed by atoms with E-state index in [9.17, 15) is 4.79 Å². The molecule has 0 radical (unpaired) electrons. The third-order valence-electron chi connectivity index (χ3n) is 1.46. The van der Waals surface area contributed by atoms with Gasteiger partial charge >= 0.3 is 5.97 Å². The van der Waals surface area contributed by atoms with Crippen molar-refractivity contribution in [2.45, 2.75) is 25.0 Å². The summed E-state index contributed by atoms with van der Waals surface area (Å²) < 4.78 is 4.95.